The molecule has 1 aliphatic rings. The van der Waals surface area contributed by atoms with Crippen LogP contribution in [0.3, 0.4) is 0 Å². The first-order chi connectivity index (χ1) is 8.18. The summed E-state index contributed by atoms with van der Waals surface area (Å²) >= 11 is 0. The molecule has 0 atom stereocenters. The zero-order valence-electron chi connectivity index (χ0n) is 10.0. The zero-order chi connectivity index (χ0) is 12.3. The number of carbonyl (C=O) groups excluding carboxylic acids is 1. The lowest BCUT2D eigenvalue weighted by Gasteiger charge is -2.17. The van der Waals surface area contributed by atoms with Gasteiger partial charge >= 0.3 is 0 Å². The van der Waals surface area contributed by atoms with Crippen molar-refractivity contribution in [3.8, 4) is 0 Å². The lowest BCUT2D eigenvalue weighted by molar-refractivity contribution is -0.118. The third kappa shape index (κ3) is 2.72. The van der Waals surface area contributed by atoms with Gasteiger partial charge in [-0.25, -0.2) is 5.10 Å². The Morgan fingerprint density at radius 2 is 2.06 bits per heavy atom. The number of H-pyrrole nitrogens is 1. The van der Waals surface area contributed by atoms with E-state index in [0.717, 1.165) is 42.5 Å². The minimum Gasteiger partial charge on any atom is -0.356 e. The van der Waals surface area contributed by atoms with Crippen LogP contribution < -0.4 is 10.9 Å². The number of hydrogen-bond acceptors (Lipinski definition) is 3. The molecule has 0 bridgehead atoms. The van der Waals surface area contributed by atoms with Gasteiger partial charge in [0.25, 0.3) is 5.56 Å². The number of fused-ring (bicyclic) bond motifs is 1. The molecular weight excluding hydrogens is 218 g/mol. The van der Waals surface area contributed by atoms with Gasteiger partial charge in [-0.1, -0.05) is 0 Å². The van der Waals surface area contributed by atoms with Gasteiger partial charge in [0.15, 0.2) is 0 Å². The molecule has 92 valence electrons. The van der Waals surface area contributed by atoms with E-state index in [1.807, 2.05) is 0 Å². The molecule has 1 aromatic rings. The number of carbonyl (C=O) groups is 1. The highest BCUT2D eigenvalue weighted by Gasteiger charge is 2.17. The van der Waals surface area contributed by atoms with E-state index in [4.69, 9.17) is 0 Å². The van der Waals surface area contributed by atoms with E-state index >= 15 is 0 Å². The summed E-state index contributed by atoms with van der Waals surface area (Å²) in [7, 11) is 0. The maximum atomic E-state index is 11.6. The second-order valence-corrected chi connectivity index (χ2v) is 4.40. The second kappa shape index (κ2) is 5.12. The van der Waals surface area contributed by atoms with Crippen molar-refractivity contribution in [3.05, 3.63) is 27.2 Å². The number of nitrogens with one attached hydrogen (secondary N) is 2. The van der Waals surface area contributed by atoms with Crippen molar-refractivity contribution in [1.82, 2.24) is 15.5 Å². The van der Waals surface area contributed by atoms with E-state index in [1.54, 1.807) is 0 Å². The molecule has 17 heavy (non-hydrogen) atoms. The SMILES string of the molecule is CC(=O)NCCc1n[nH]c(=O)c2c1CCCC2. The fraction of sp³-hybridized carbons (Fsp3) is 0.583. The topological polar surface area (TPSA) is 74.8 Å². The molecule has 1 amide bonds. The predicted molar refractivity (Wildman–Crippen MR) is 63.9 cm³/mol. The van der Waals surface area contributed by atoms with Crippen molar-refractivity contribution < 1.29 is 4.79 Å². The molecule has 5 heteroatoms. The molecule has 0 spiro atoms. The molecule has 1 aliphatic carbocycles. The summed E-state index contributed by atoms with van der Waals surface area (Å²) in [5.41, 5.74) is 2.87. The molecule has 5 nitrogen and oxygen atoms in total. The summed E-state index contributed by atoms with van der Waals surface area (Å²) in [6.07, 6.45) is 4.65. The van der Waals surface area contributed by atoms with Gasteiger partial charge in [0.05, 0.1) is 5.69 Å². The fourth-order valence-corrected chi connectivity index (χ4v) is 2.29. The van der Waals surface area contributed by atoms with Crippen LogP contribution in [0, 0.1) is 0 Å². The molecule has 2 N–H and O–H groups in total. The molecular formula is C12H17N3O2. The van der Waals surface area contributed by atoms with Crippen LogP contribution >= 0.6 is 0 Å². The average Bonchev–Trinajstić information content (AvgIpc) is 2.32. The maximum absolute atomic E-state index is 11.6. The lowest BCUT2D eigenvalue weighted by Crippen LogP contribution is -2.26. The Morgan fingerprint density at radius 1 is 1.35 bits per heavy atom. The summed E-state index contributed by atoms with van der Waals surface area (Å²) in [4.78, 5) is 22.4. The van der Waals surface area contributed by atoms with Crippen molar-refractivity contribution in [2.45, 2.75) is 39.0 Å². The normalized spacial score (nSPS) is 14.2. The molecule has 0 aliphatic heterocycles. The van der Waals surface area contributed by atoms with E-state index in [0.29, 0.717) is 13.0 Å². The van der Waals surface area contributed by atoms with Crippen molar-refractivity contribution in [3.63, 3.8) is 0 Å². The van der Waals surface area contributed by atoms with Crippen molar-refractivity contribution >= 4 is 5.91 Å². The summed E-state index contributed by atoms with van der Waals surface area (Å²) in [5.74, 6) is -0.0386. The van der Waals surface area contributed by atoms with Gasteiger partial charge in [-0.05, 0) is 31.2 Å². The minimum absolute atomic E-state index is 0.0386. The predicted octanol–water partition coefficient (Wildman–Crippen LogP) is 0.327. The summed E-state index contributed by atoms with van der Waals surface area (Å²) in [5, 5.41) is 9.39. The van der Waals surface area contributed by atoms with Crippen LogP contribution in [-0.2, 0) is 24.1 Å². The van der Waals surface area contributed by atoms with Crippen LogP contribution in [0.25, 0.3) is 0 Å². The number of rotatable bonds is 3. The monoisotopic (exact) mass is 235 g/mol. The molecule has 2 rings (SSSR count). The fourth-order valence-electron chi connectivity index (χ4n) is 2.29. The molecule has 0 unspecified atom stereocenters. The molecule has 0 saturated heterocycles. The third-order valence-electron chi connectivity index (χ3n) is 3.12. The molecule has 0 aromatic carbocycles. The van der Waals surface area contributed by atoms with Crippen LogP contribution in [0.5, 0.6) is 0 Å². The van der Waals surface area contributed by atoms with E-state index in [2.05, 4.69) is 15.5 Å². The van der Waals surface area contributed by atoms with Crippen molar-refractivity contribution in [2.24, 2.45) is 0 Å². The van der Waals surface area contributed by atoms with Gasteiger partial charge in [0, 0.05) is 25.5 Å². The Morgan fingerprint density at radius 3 is 2.76 bits per heavy atom. The van der Waals surface area contributed by atoms with Crippen LogP contribution in [0.15, 0.2) is 4.79 Å². The number of amides is 1. The first kappa shape index (κ1) is 11.8. The van der Waals surface area contributed by atoms with E-state index in [9.17, 15) is 9.59 Å². The van der Waals surface area contributed by atoms with Gasteiger partial charge in [-0.15, -0.1) is 0 Å². The molecule has 0 fully saturated rings. The van der Waals surface area contributed by atoms with Crippen LogP contribution in [-0.4, -0.2) is 22.6 Å². The van der Waals surface area contributed by atoms with Gasteiger partial charge < -0.3 is 5.32 Å². The van der Waals surface area contributed by atoms with Crippen LogP contribution in [0.1, 0.15) is 36.6 Å². The zero-order valence-corrected chi connectivity index (χ0v) is 10.0. The first-order valence-corrected chi connectivity index (χ1v) is 6.02. The Kier molecular flexibility index (Phi) is 3.56. The number of nitrogens with zero attached hydrogens (tertiary/aromatic N) is 1. The molecule has 1 aromatic heterocycles. The highest BCUT2D eigenvalue weighted by molar-refractivity contribution is 5.72. The molecule has 0 radical (unpaired) electrons. The summed E-state index contributed by atoms with van der Waals surface area (Å²) < 4.78 is 0. The number of hydrogen-bond donors (Lipinski definition) is 2. The highest BCUT2D eigenvalue weighted by atomic mass is 16.1. The smallest absolute Gasteiger partial charge is 0.267 e. The quantitative estimate of drug-likeness (QED) is 0.792. The summed E-state index contributed by atoms with van der Waals surface area (Å²) in [6, 6.07) is 0. The van der Waals surface area contributed by atoms with E-state index in [-0.39, 0.29) is 11.5 Å². The van der Waals surface area contributed by atoms with E-state index in [1.165, 1.54) is 6.92 Å². The Balaban J connectivity index is 2.17. The van der Waals surface area contributed by atoms with E-state index < -0.39 is 0 Å². The molecule has 0 saturated carbocycles. The Bertz CT molecular complexity index is 479. The maximum Gasteiger partial charge on any atom is 0.267 e. The highest BCUT2D eigenvalue weighted by Crippen LogP contribution is 2.19. The van der Waals surface area contributed by atoms with Crippen molar-refractivity contribution in [1.29, 1.82) is 0 Å². The third-order valence-corrected chi connectivity index (χ3v) is 3.12. The molecule has 1 heterocycles. The van der Waals surface area contributed by atoms with Gasteiger partial charge in [-0.2, -0.15) is 5.10 Å². The second-order valence-electron chi connectivity index (χ2n) is 4.40. The number of aromatic nitrogens is 2. The van der Waals surface area contributed by atoms with Crippen molar-refractivity contribution in [2.75, 3.05) is 6.54 Å². The van der Waals surface area contributed by atoms with Crippen LogP contribution in [0.4, 0.5) is 0 Å². The summed E-state index contributed by atoms with van der Waals surface area (Å²) in [6.45, 7) is 2.07. The Hall–Kier alpha value is -1.65. The lowest BCUT2D eigenvalue weighted by atomic mass is 9.91. The average molecular weight is 235 g/mol. The van der Waals surface area contributed by atoms with Gasteiger partial charge in [-0.3, -0.25) is 9.59 Å². The van der Waals surface area contributed by atoms with Crippen LogP contribution in [0.2, 0.25) is 0 Å². The Labute approximate surface area is 99.6 Å². The standard InChI is InChI=1S/C12H17N3O2/c1-8(16)13-7-6-11-9-4-2-3-5-10(9)12(17)15-14-11/h2-7H2,1H3,(H,13,16)(H,15,17). The number of aromatic amines is 1. The van der Waals surface area contributed by atoms with Gasteiger partial charge in [0.2, 0.25) is 5.91 Å². The first-order valence-electron chi connectivity index (χ1n) is 6.02. The van der Waals surface area contributed by atoms with Gasteiger partial charge in [0.1, 0.15) is 0 Å². The largest absolute Gasteiger partial charge is 0.356 e. The minimum atomic E-state index is -0.0528.